The van der Waals surface area contributed by atoms with Crippen molar-refractivity contribution in [2.75, 3.05) is 45.1 Å². The summed E-state index contributed by atoms with van der Waals surface area (Å²) in [5.41, 5.74) is 0.153. The van der Waals surface area contributed by atoms with Crippen molar-refractivity contribution in [1.29, 1.82) is 0 Å². The van der Waals surface area contributed by atoms with Crippen molar-refractivity contribution in [3.05, 3.63) is 59.7 Å². The molecule has 0 bridgehead atoms. The molecule has 174 valence electrons. The number of ether oxygens (including phenoxy) is 1. The van der Waals surface area contributed by atoms with Crippen LogP contribution in [0.5, 0.6) is 0 Å². The van der Waals surface area contributed by atoms with Crippen molar-refractivity contribution in [1.82, 2.24) is 10.2 Å². The maximum atomic E-state index is 13.3. The maximum Gasteiger partial charge on any atom is 0.251 e. The second-order valence-electron chi connectivity index (χ2n) is 7.56. The van der Waals surface area contributed by atoms with E-state index in [1.54, 1.807) is 18.2 Å². The molecule has 1 saturated heterocycles. The van der Waals surface area contributed by atoms with Gasteiger partial charge in [0.2, 0.25) is 0 Å². The van der Waals surface area contributed by atoms with Crippen LogP contribution in [0.1, 0.15) is 21.2 Å². The highest BCUT2D eigenvalue weighted by Crippen LogP contribution is 2.42. The van der Waals surface area contributed by atoms with Gasteiger partial charge in [-0.15, -0.1) is 12.4 Å². The number of fused-ring (bicyclic) bond motifs is 1. The van der Waals surface area contributed by atoms with Gasteiger partial charge in [0.1, 0.15) is 5.25 Å². The maximum absolute atomic E-state index is 13.3. The predicted octanol–water partition coefficient (Wildman–Crippen LogP) is 1.47. The normalized spacial score (nSPS) is 20.2. The van der Waals surface area contributed by atoms with Gasteiger partial charge in [-0.3, -0.25) is 9.69 Å². The highest BCUT2D eigenvalue weighted by atomic mass is 35.5. The van der Waals surface area contributed by atoms with E-state index in [0.29, 0.717) is 26.3 Å². The quantitative estimate of drug-likeness (QED) is 0.639. The highest BCUT2D eigenvalue weighted by molar-refractivity contribution is 7.96. The molecular weight excluding hydrogens is 476 g/mol. The van der Waals surface area contributed by atoms with Crippen molar-refractivity contribution >= 4 is 38.0 Å². The second kappa shape index (κ2) is 9.88. The van der Waals surface area contributed by atoms with Crippen LogP contribution in [0.15, 0.2) is 58.3 Å². The Labute approximate surface area is 194 Å². The minimum atomic E-state index is -4.00. The Kier molecular flexibility index (Phi) is 7.61. The average molecular weight is 501 g/mol. The van der Waals surface area contributed by atoms with E-state index < -0.39 is 36.6 Å². The molecule has 0 aliphatic carbocycles. The SMILES string of the molecule is Cl.O=C(NCCN1CCOCC1)c1cccc2c1C(S(=O)(=O)c1ccccc1)CS2(=O)=O. The van der Waals surface area contributed by atoms with Crippen molar-refractivity contribution < 1.29 is 26.4 Å². The Bertz CT molecular complexity index is 1180. The van der Waals surface area contributed by atoms with Crippen LogP contribution in [-0.4, -0.2) is 72.8 Å². The van der Waals surface area contributed by atoms with Crippen molar-refractivity contribution in [3.63, 3.8) is 0 Å². The summed E-state index contributed by atoms with van der Waals surface area (Å²) < 4.78 is 57.3. The summed E-state index contributed by atoms with van der Waals surface area (Å²) >= 11 is 0. The first kappa shape index (κ1) is 24.7. The molecular formula is C21H25ClN2O6S2. The zero-order valence-electron chi connectivity index (χ0n) is 17.3. The van der Waals surface area contributed by atoms with Crippen molar-refractivity contribution in [3.8, 4) is 0 Å². The Balaban J connectivity index is 0.00000289. The van der Waals surface area contributed by atoms with Crippen molar-refractivity contribution in [2.24, 2.45) is 0 Å². The number of carbonyl (C=O) groups is 1. The molecule has 11 heteroatoms. The number of rotatable bonds is 6. The van der Waals surface area contributed by atoms with E-state index in [1.807, 2.05) is 0 Å². The van der Waals surface area contributed by atoms with Crippen LogP contribution in [0.2, 0.25) is 0 Å². The first-order valence-electron chi connectivity index (χ1n) is 10.0. The molecule has 8 nitrogen and oxygen atoms in total. The molecule has 2 aliphatic heterocycles. The molecule has 2 aliphatic rings. The lowest BCUT2D eigenvalue weighted by atomic mass is 10.0. The molecule has 2 aromatic rings. The number of morpholine rings is 1. The summed E-state index contributed by atoms with van der Waals surface area (Å²) in [5.74, 6) is -1.05. The number of nitrogens with zero attached hydrogens (tertiary/aromatic N) is 1. The Morgan fingerprint density at radius 1 is 1.06 bits per heavy atom. The minimum absolute atomic E-state index is 0. The number of hydrogen-bond donors (Lipinski definition) is 1. The summed E-state index contributed by atoms with van der Waals surface area (Å²) in [5, 5.41) is 1.48. The van der Waals surface area contributed by atoms with Crippen LogP contribution in [0, 0.1) is 0 Å². The molecule has 2 aromatic carbocycles. The van der Waals surface area contributed by atoms with Gasteiger partial charge < -0.3 is 10.1 Å². The Morgan fingerprint density at radius 3 is 2.44 bits per heavy atom. The van der Waals surface area contributed by atoms with E-state index in [4.69, 9.17) is 4.74 Å². The van der Waals surface area contributed by atoms with Crippen LogP contribution in [0.4, 0.5) is 0 Å². The summed E-state index contributed by atoms with van der Waals surface area (Å²) in [6, 6.07) is 12.1. The van der Waals surface area contributed by atoms with Crippen LogP contribution in [-0.2, 0) is 24.4 Å². The fourth-order valence-corrected chi connectivity index (χ4v) is 8.36. The van der Waals surface area contributed by atoms with Gasteiger partial charge in [-0.1, -0.05) is 24.3 Å². The Hall–Kier alpha value is -1.98. The van der Waals surface area contributed by atoms with Crippen LogP contribution >= 0.6 is 12.4 Å². The second-order valence-corrected chi connectivity index (χ2v) is 11.7. The third kappa shape index (κ3) is 4.84. The molecule has 0 saturated carbocycles. The molecule has 1 amide bonds. The smallest absolute Gasteiger partial charge is 0.251 e. The summed E-state index contributed by atoms with van der Waals surface area (Å²) in [4.78, 5) is 15.0. The Morgan fingerprint density at radius 2 is 1.75 bits per heavy atom. The lowest BCUT2D eigenvalue weighted by Gasteiger charge is -2.26. The highest BCUT2D eigenvalue weighted by Gasteiger charge is 2.45. The number of carbonyl (C=O) groups excluding carboxylic acids is 1. The fraction of sp³-hybridized carbons (Fsp3) is 0.381. The molecule has 1 atom stereocenters. The van der Waals surface area contributed by atoms with E-state index in [2.05, 4.69) is 10.2 Å². The van der Waals surface area contributed by atoms with Gasteiger partial charge in [-0.25, -0.2) is 16.8 Å². The molecule has 32 heavy (non-hydrogen) atoms. The van der Waals surface area contributed by atoms with E-state index >= 15 is 0 Å². The molecule has 0 spiro atoms. The standard InChI is InChI=1S/C21H24N2O6S2.ClH/c24-21(22-9-10-23-11-13-29-14-12-23)17-7-4-8-18-20(17)19(15-30(18,25)26)31(27,28)16-5-2-1-3-6-16;/h1-8,19H,9-15H2,(H,22,24);1H. The lowest BCUT2D eigenvalue weighted by molar-refractivity contribution is 0.0383. The summed E-state index contributed by atoms with van der Waals surface area (Å²) in [6.45, 7) is 3.87. The van der Waals surface area contributed by atoms with Gasteiger partial charge in [-0.2, -0.15) is 0 Å². The predicted molar refractivity (Wildman–Crippen MR) is 122 cm³/mol. The van der Waals surface area contributed by atoms with Crippen LogP contribution in [0.25, 0.3) is 0 Å². The number of sulfone groups is 2. The molecule has 1 unspecified atom stereocenters. The van der Waals surface area contributed by atoms with Gasteiger partial charge in [0.25, 0.3) is 5.91 Å². The van der Waals surface area contributed by atoms with E-state index in [9.17, 15) is 21.6 Å². The number of nitrogens with one attached hydrogen (secondary N) is 1. The molecule has 1 fully saturated rings. The molecule has 1 N–H and O–H groups in total. The number of amides is 1. The first-order valence-corrected chi connectivity index (χ1v) is 13.2. The number of hydrogen-bond acceptors (Lipinski definition) is 7. The average Bonchev–Trinajstić information content (AvgIpc) is 3.07. The molecule has 0 radical (unpaired) electrons. The number of halogens is 1. The molecule has 2 heterocycles. The van der Waals surface area contributed by atoms with Gasteiger partial charge >= 0.3 is 0 Å². The third-order valence-electron chi connectivity index (χ3n) is 5.60. The van der Waals surface area contributed by atoms with Crippen molar-refractivity contribution in [2.45, 2.75) is 15.0 Å². The van der Waals surface area contributed by atoms with Gasteiger partial charge in [-0.05, 0) is 24.3 Å². The largest absolute Gasteiger partial charge is 0.379 e. The van der Waals surface area contributed by atoms with Gasteiger partial charge in [0.05, 0.1) is 28.8 Å². The van der Waals surface area contributed by atoms with Crippen LogP contribution in [0.3, 0.4) is 0 Å². The van der Waals surface area contributed by atoms with E-state index in [1.165, 1.54) is 30.3 Å². The summed E-state index contributed by atoms with van der Waals surface area (Å²) in [7, 11) is -7.82. The molecule has 0 aromatic heterocycles. The summed E-state index contributed by atoms with van der Waals surface area (Å²) in [6.07, 6.45) is 0. The van der Waals surface area contributed by atoms with Gasteiger partial charge in [0.15, 0.2) is 19.7 Å². The number of benzene rings is 2. The monoisotopic (exact) mass is 500 g/mol. The third-order valence-corrected chi connectivity index (χ3v) is 9.69. The van der Waals surface area contributed by atoms with E-state index in [0.717, 1.165) is 13.1 Å². The minimum Gasteiger partial charge on any atom is -0.379 e. The lowest BCUT2D eigenvalue weighted by Crippen LogP contribution is -2.41. The topological polar surface area (TPSA) is 110 Å². The van der Waals surface area contributed by atoms with Gasteiger partial charge in [0, 0.05) is 37.3 Å². The zero-order valence-corrected chi connectivity index (χ0v) is 19.7. The zero-order chi connectivity index (χ0) is 22.1. The van der Waals surface area contributed by atoms with E-state index in [-0.39, 0.29) is 33.3 Å². The first-order chi connectivity index (χ1) is 14.8. The fourth-order valence-electron chi connectivity index (χ4n) is 3.98. The molecule has 4 rings (SSSR count). The van der Waals surface area contributed by atoms with Crippen LogP contribution < -0.4 is 5.32 Å².